The van der Waals surface area contributed by atoms with Crippen molar-refractivity contribution in [1.29, 1.82) is 5.26 Å². The highest BCUT2D eigenvalue weighted by atomic mass is 19.4. The van der Waals surface area contributed by atoms with Crippen molar-refractivity contribution < 1.29 is 17.9 Å². The average molecular weight is 368 g/mol. The van der Waals surface area contributed by atoms with Crippen LogP contribution in [0.1, 0.15) is 16.7 Å². The predicted molar refractivity (Wildman–Crippen MR) is 95.0 cm³/mol. The smallest absolute Gasteiger partial charge is 0.417 e. The van der Waals surface area contributed by atoms with Gasteiger partial charge in [-0.1, -0.05) is 36.4 Å². The Hall–Kier alpha value is -3.33. The van der Waals surface area contributed by atoms with E-state index < -0.39 is 17.3 Å². The summed E-state index contributed by atoms with van der Waals surface area (Å²) < 4.78 is 44.6. The largest absolute Gasteiger partial charge is 0.493 e. The summed E-state index contributed by atoms with van der Waals surface area (Å²) in [5.74, 6) is 0.0754. The van der Waals surface area contributed by atoms with Gasteiger partial charge in [0.15, 0.2) is 0 Å². The molecule has 0 radical (unpaired) electrons. The SMILES string of the molecule is N#Cc1ccc(OCCc2cccnc2-c2ccccc2)cc1C(F)(F)F. The van der Waals surface area contributed by atoms with E-state index in [4.69, 9.17) is 10.00 Å². The summed E-state index contributed by atoms with van der Waals surface area (Å²) in [5, 5.41) is 8.84. The summed E-state index contributed by atoms with van der Waals surface area (Å²) in [4.78, 5) is 4.40. The molecular formula is C21H15F3N2O. The van der Waals surface area contributed by atoms with E-state index in [1.54, 1.807) is 12.3 Å². The van der Waals surface area contributed by atoms with Gasteiger partial charge in [-0.05, 0) is 29.8 Å². The molecule has 0 N–H and O–H groups in total. The lowest BCUT2D eigenvalue weighted by Crippen LogP contribution is -2.09. The van der Waals surface area contributed by atoms with E-state index in [0.29, 0.717) is 6.42 Å². The molecule has 0 amide bonds. The van der Waals surface area contributed by atoms with Gasteiger partial charge in [-0.3, -0.25) is 4.98 Å². The maximum Gasteiger partial charge on any atom is 0.417 e. The number of nitrogens with zero attached hydrogens (tertiary/aromatic N) is 2. The zero-order chi connectivity index (χ0) is 19.3. The Morgan fingerprint density at radius 2 is 1.78 bits per heavy atom. The Morgan fingerprint density at radius 1 is 1.00 bits per heavy atom. The van der Waals surface area contributed by atoms with E-state index in [9.17, 15) is 13.2 Å². The molecule has 0 saturated heterocycles. The highest BCUT2D eigenvalue weighted by molar-refractivity contribution is 5.62. The molecule has 136 valence electrons. The number of rotatable bonds is 5. The number of hydrogen-bond acceptors (Lipinski definition) is 3. The lowest BCUT2D eigenvalue weighted by atomic mass is 10.0. The van der Waals surface area contributed by atoms with Crippen LogP contribution in [0.15, 0.2) is 66.9 Å². The number of hydrogen-bond donors (Lipinski definition) is 0. The van der Waals surface area contributed by atoms with Gasteiger partial charge in [-0.25, -0.2) is 0 Å². The highest BCUT2D eigenvalue weighted by Crippen LogP contribution is 2.34. The van der Waals surface area contributed by atoms with Crippen LogP contribution in [-0.4, -0.2) is 11.6 Å². The fourth-order valence-electron chi connectivity index (χ4n) is 2.72. The monoisotopic (exact) mass is 368 g/mol. The molecule has 3 rings (SSSR count). The van der Waals surface area contributed by atoms with Crippen molar-refractivity contribution in [2.24, 2.45) is 0 Å². The Balaban J connectivity index is 1.74. The number of ether oxygens (including phenoxy) is 1. The molecular weight excluding hydrogens is 353 g/mol. The normalized spacial score (nSPS) is 11.0. The van der Waals surface area contributed by atoms with Crippen LogP contribution in [0.25, 0.3) is 11.3 Å². The van der Waals surface area contributed by atoms with Crippen LogP contribution in [0, 0.1) is 11.3 Å². The number of alkyl halides is 3. The van der Waals surface area contributed by atoms with E-state index in [-0.39, 0.29) is 12.4 Å². The minimum atomic E-state index is -4.60. The molecule has 0 spiro atoms. The lowest BCUT2D eigenvalue weighted by molar-refractivity contribution is -0.137. The minimum absolute atomic E-state index is 0.0754. The molecule has 0 aliphatic carbocycles. The van der Waals surface area contributed by atoms with Crippen LogP contribution < -0.4 is 4.74 Å². The molecule has 1 aromatic heterocycles. The van der Waals surface area contributed by atoms with Crippen molar-refractivity contribution in [2.45, 2.75) is 12.6 Å². The molecule has 27 heavy (non-hydrogen) atoms. The molecule has 0 unspecified atom stereocenters. The van der Waals surface area contributed by atoms with Crippen molar-refractivity contribution >= 4 is 0 Å². The fourth-order valence-corrected chi connectivity index (χ4v) is 2.72. The molecule has 3 aromatic rings. The van der Waals surface area contributed by atoms with Gasteiger partial charge in [0.05, 0.1) is 29.5 Å². The zero-order valence-corrected chi connectivity index (χ0v) is 14.2. The van der Waals surface area contributed by atoms with Gasteiger partial charge in [-0.2, -0.15) is 18.4 Å². The molecule has 2 aromatic carbocycles. The van der Waals surface area contributed by atoms with Crippen LogP contribution in [0.3, 0.4) is 0 Å². The predicted octanol–water partition coefficient (Wildman–Crippen LogP) is 5.26. The van der Waals surface area contributed by atoms with Crippen molar-refractivity contribution in [3.05, 3.63) is 83.6 Å². The molecule has 0 aliphatic heterocycles. The maximum atomic E-state index is 13.0. The molecule has 0 bridgehead atoms. The molecule has 0 atom stereocenters. The van der Waals surface area contributed by atoms with E-state index in [2.05, 4.69) is 4.98 Å². The lowest BCUT2D eigenvalue weighted by Gasteiger charge is -2.13. The summed E-state index contributed by atoms with van der Waals surface area (Å²) in [5.41, 5.74) is 1.30. The van der Waals surface area contributed by atoms with Crippen molar-refractivity contribution in [2.75, 3.05) is 6.61 Å². The Labute approximate surface area is 154 Å². The first kappa shape index (κ1) is 18.5. The Bertz CT molecular complexity index is 963. The summed E-state index contributed by atoms with van der Waals surface area (Å²) >= 11 is 0. The standard InChI is InChI=1S/C21H15F3N2O/c22-21(23,24)19-13-18(9-8-17(19)14-25)27-12-10-16-7-4-11-26-20(16)15-5-2-1-3-6-15/h1-9,11,13H,10,12H2. The Kier molecular flexibility index (Phi) is 5.41. The second-order valence-corrected chi connectivity index (χ2v) is 5.79. The zero-order valence-electron chi connectivity index (χ0n) is 14.2. The van der Waals surface area contributed by atoms with Gasteiger partial charge in [0.25, 0.3) is 0 Å². The average Bonchev–Trinajstić information content (AvgIpc) is 2.68. The van der Waals surface area contributed by atoms with Gasteiger partial charge in [0.1, 0.15) is 5.75 Å². The van der Waals surface area contributed by atoms with Crippen molar-refractivity contribution in [1.82, 2.24) is 4.98 Å². The van der Waals surface area contributed by atoms with E-state index in [0.717, 1.165) is 29.0 Å². The van der Waals surface area contributed by atoms with Gasteiger partial charge in [0, 0.05) is 18.2 Å². The summed E-state index contributed by atoms with van der Waals surface area (Å²) in [6, 6.07) is 18.3. The number of nitriles is 1. The number of aromatic nitrogens is 1. The summed E-state index contributed by atoms with van der Waals surface area (Å²) in [6.07, 6.45) is -2.42. The van der Waals surface area contributed by atoms with Crippen molar-refractivity contribution in [3.8, 4) is 23.1 Å². The number of benzene rings is 2. The van der Waals surface area contributed by atoms with Crippen LogP contribution in [0.5, 0.6) is 5.75 Å². The first-order valence-corrected chi connectivity index (χ1v) is 8.22. The molecule has 0 saturated carbocycles. The van der Waals surface area contributed by atoms with Gasteiger partial charge in [0.2, 0.25) is 0 Å². The topological polar surface area (TPSA) is 45.9 Å². The van der Waals surface area contributed by atoms with E-state index in [1.807, 2.05) is 42.5 Å². The maximum absolute atomic E-state index is 13.0. The summed E-state index contributed by atoms with van der Waals surface area (Å²) in [7, 11) is 0. The number of pyridine rings is 1. The summed E-state index contributed by atoms with van der Waals surface area (Å²) in [6.45, 7) is 0.189. The van der Waals surface area contributed by atoms with Gasteiger partial charge in [-0.15, -0.1) is 0 Å². The molecule has 1 heterocycles. The third-order valence-electron chi connectivity index (χ3n) is 4.00. The van der Waals surface area contributed by atoms with Crippen LogP contribution in [-0.2, 0) is 12.6 Å². The highest BCUT2D eigenvalue weighted by Gasteiger charge is 2.34. The second-order valence-electron chi connectivity index (χ2n) is 5.79. The quantitative estimate of drug-likeness (QED) is 0.617. The second kappa shape index (κ2) is 7.92. The molecule has 3 nitrogen and oxygen atoms in total. The van der Waals surface area contributed by atoms with E-state index in [1.165, 1.54) is 6.07 Å². The van der Waals surface area contributed by atoms with Gasteiger partial charge < -0.3 is 4.74 Å². The molecule has 0 fully saturated rings. The third-order valence-corrected chi connectivity index (χ3v) is 4.00. The Morgan fingerprint density at radius 3 is 2.48 bits per heavy atom. The third kappa shape index (κ3) is 4.45. The van der Waals surface area contributed by atoms with Crippen LogP contribution >= 0.6 is 0 Å². The van der Waals surface area contributed by atoms with E-state index >= 15 is 0 Å². The first-order valence-electron chi connectivity index (χ1n) is 8.22. The first-order chi connectivity index (χ1) is 13.0. The number of halogens is 3. The molecule has 6 heteroatoms. The minimum Gasteiger partial charge on any atom is -0.493 e. The van der Waals surface area contributed by atoms with Crippen LogP contribution in [0.4, 0.5) is 13.2 Å². The van der Waals surface area contributed by atoms with Gasteiger partial charge >= 0.3 is 6.18 Å². The molecule has 0 aliphatic rings. The fraction of sp³-hybridized carbons (Fsp3) is 0.143. The van der Waals surface area contributed by atoms with Crippen molar-refractivity contribution in [3.63, 3.8) is 0 Å². The van der Waals surface area contributed by atoms with Crippen LogP contribution in [0.2, 0.25) is 0 Å².